The van der Waals surface area contributed by atoms with Crippen molar-refractivity contribution in [2.45, 2.75) is 26.3 Å². The van der Waals surface area contributed by atoms with Gasteiger partial charge in [-0.05, 0) is 6.42 Å². The van der Waals surface area contributed by atoms with Gasteiger partial charge in [0.25, 0.3) is 0 Å². The minimum Gasteiger partial charge on any atom is -0.294 e. The van der Waals surface area contributed by atoms with Gasteiger partial charge in [-0.25, -0.2) is 19.6 Å². The van der Waals surface area contributed by atoms with E-state index < -0.39 is 0 Å². The highest BCUT2D eigenvalue weighted by Gasteiger charge is 2.12. The number of carbonyl (C=O) groups excluding carboxylic acids is 1. The number of hydrogen-bond donors (Lipinski definition) is 0. The molecule has 6 nitrogen and oxygen atoms in total. The van der Waals surface area contributed by atoms with Gasteiger partial charge in [0, 0.05) is 18.9 Å². The van der Waals surface area contributed by atoms with Crippen molar-refractivity contribution in [1.29, 1.82) is 0 Å². The van der Waals surface area contributed by atoms with E-state index in [1.165, 1.54) is 25.0 Å². The zero-order valence-corrected chi connectivity index (χ0v) is 9.58. The van der Waals surface area contributed by atoms with E-state index in [1.807, 2.05) is 0 Å². The Balaban J connectivity index is 2.11. The number of carbonyl (C=O) groups is 1. The molecule has 0 saturated heterocycles. The summed E-state index contributed by atoms with van der Waals surface area (Å²) in [6, 6.07) is 0. The van der Waals surface area contributed by atoms with E-state index in [0.29, 0.717) is 11.4 Å². The molecule has 0 saturated carbocycles. The summed E-state index contributed by atoms with van der Waals surface area (Å²) in [6.45, 7) is 2.83. The summed E-state index contributed by atoms with van der Waals surface area (Å²) < 4.78 is 1.75. The number of hydrogen-bond acceptors (Lipinski definition) is 5. The second-order valence-electron chi connectivity index (χ2n) is 3.63. The van der Waals surface area contributed by atoms with Crippen LogP contribution in [0.4, 0.5) is 0 Å². The third-order valence-corrected chi connectivity index (χ3v) is 2.33. The first kappa shape index (κ1) is 11.4. The number of rotatable bonds is 5. The van der Waals surface area contributed by atoms with Crippen LogP contribution in [-0.2, 0) is 13.0 Å². The van der Waals surface area contributed by atoms with Gasteiger partial charge in [-0.3, -0.25) is 4.79 Å². The van der Waals surface area contributed by atoms with Crippen molar-refractivity contribution in [2.75, 3.05) is 0 Å². The number of aromatic nitrogens is 5. The second-order valence-corrected chi connectivity index (χ2v) is 3.63. The summed E-state index contributed by atoms with van der Waals surface area (Å²) in [5.41, 5.74) is 0.499. The molecule has 0 aliphatic heterocycles. The first-order valence-corrected chi connectivity index (χ1v) is 5.46. The van der Waals surface area contributed by atoms with E-state index in [9.17, 15) is 4.79 Å². The Kier molecular flexibility index (Phi) is 3.54. The van der Waals surface area contributed by atoms with Crippen molar-refractivity contribution in [2.24, 2.45) is 0 Å². The second kappa shape index (κ2) is 5.29. The van der Waals surface area contributed by atoms with Crippen molar-refractivity contribution in [3.8, 4) is 0 Å². The van der Waals surface area contributed by atoms with Crippen LogP contribution in [0.15, 0.2) is 25.0 Å². The summed E-state index contributed by atoms with van der Waals surface area (Å²) in [6.07, 6.45) is 7.08. The number of Topliss-reactive ketones (excluding diaryl/α,β-unsaturated/α-hetero) is 1. The maximum atomic E-state index is 11.9. The molecule has 0 aromatic carbocycles. The summed E-state index contributed by atoms with van der Waals surface area (Å²) in [4.78, 5) is 23.6. The third kappa shape index (κ3) is 2.72. The SMILES string of the molecule is CCCn1ncnc1CC(=O)c1cncnc1. The predicted octanol–water partition coefficient (Wildman–Crippen LogP) is 0.904. The van der Waals surface area contributed by atoms with Crippen molar-refractivity contribution in [3.63, 3.8) is 0 Å². The molecule has 0 aliphatic rings. The predicted molar refractivity (Wildman–Crippen MR) is 60.4 cm³/mol. The molecule has 88 valence electrons. The molecule has 2 rings (SSSR count). The zero-order valence-electron chi connectivity index (χ0n) is 9.58. The van der Waals surface area contributed by atoms with Gasteiger partial charge in [-0.15, -0.1) is 0 Å². The average molecular weight is 231 g/mol. The van der Waals surface area contributed by atoms with Gasteiger partial charge >= 0.3 is 0 Å². The molecule has 6 heteroatoms. The van der Waals surface area contributed by atoms with Gasteiger partial charge in [0.2, 0.25) is 0 Å². The molecule has 0 radical (unpaired) electrons. The van der Waals surface area contributed by atoms with E-state index in [1.54, 1.807) is 4.68 Å². The first-order chi connectivity index (χ1) is 8.31. The van der Waals surface area contributed by atoms with Crippen molar-refractivity contribution < 1.29 is 4.79 Å². The maximum absolute atomic E-state index is 11.9. The monoisotopic (exact) mass is 231 g/mol. The number of ketones is 1. The lowest BCUT2D eigenvalue weighted by atomic mass is 10.1. The van der Waals surface area contributed by atoms with Crippen LogP contribution in [0.3, 0.4) is 0 Å². The molecule has 2 aromatic heterocycles. The van der Waals surface area contributed by atoms with E-state index in [0.717, 1.165) is 13.0 Å². The molecule has 0 aliphatic carbocycles. The van der Waals surface area contributed by atoms with E-state index in [-0.39, 0.29) is 12.2 Å². The van der Waals surface area contributed by atoms with Crippen LogP contribution in [0.1, 0.15) is 29.5 Å². The molecular formula is C11H13N5O. The Morgan fingerprint density at radius 2 is 2.06 bits per heavy atom. The fraction of sp³-hybridized carbons (Fsp3) is 0.364. The van der Waals surface area contributed by atoms with E-state index in [2.05, 4.69) is 27.0 Å². The maximum Gasteiger partial charge on any atom is 0.173 e. The van der Waals surface area contributed by atoms with Gasteiger partial charge in [0.15, 0.2) is 5.78 Å². The molecule has 2 aromatic rings. The van der Waals surface area contributed by atoms with Crippen LogP contribution in [0.2, 0.25) is 0 Å². The molecule has 2 heterocycles. The molecule has 0 N–H and O–H groups in total. The molecule has 0 unspecified atom stereocenters. The molecule has 17 heavy (non-hydrogen) atoms. The van der Waals surface area contributed by atoms with Crippen molar-refractivity contribution in [3.05, 3.63) is 36.4 Å². The van der Waals surface area contributed by atoms with Crippen LogP contribution < -0.4 is 0 Å². The average Bonchev–Trinajstić information content (AvgIpc) is 2.78. The Morgan fingerprint density at radius 3 is 2.76 bits per heavy atom. The molecule has 0 atom stereocenters. The van der Waals surface area contributed by atoms with Crippen LogP contribution in [0, 0.1) is 0 Å². The van der Waals surface area contributed by atoms with Crippen LogP contribution in [-0.4, -0.2) is 30.5 Å². The molecule has 0 spiro atoms. The quantitative estimate of drug-likeness (QED) is 0.715. The summed E-state index contributed by atoms with van der Waals surface area (Å²) in [5, 5.41) is 4.07. The Hall–Kier alpha value is -2.11. The molecule has 0 fully saturated rings. The van der Waals surface area contributed by atoms with Gasteiger partial charge in [-0.2, -0.15) is 5.10 Å². The molecular weight excluding hydrogens is 218 g/mol. The minimum absolute atomic E-state index is 0.0454. The zero-order chi connectivity index (χ0) is 12.1. The highest BCUT2D eigenvalue weighted by atomic mass is 16.1. The lowest BCUT2D eigenvalue weighted by molar-refractivity contribution is 0.0988. The summed E-state index contributed by atoms with van der Waals surface area (Å²) in [5.74, 6) is 0.636. The highest BCUT2D eigenvalue weighted by molar-refractivity contribution is 5.96. The topological polar surface area (TPSA) is 73.6 Å². The highest BCUT2D eigenvalue weighted by Crippen LogP contribution is 2.03. The Morgan fingerprint density at radius 1 is 1.29 bits per heavy atom. The van der Waals surface area contributed by atoms with Gasteiger partial charge in [-0.1, -0.05) is 6.92 Å². The molecule has 0 bridgehead atoms. The largest absolute Gasteiger partial charge is 0.294 e. The lowest BCUT2D eigenvalue weighted by Gasteiger charge is -2.03. The standard InChI is InChI=1S/C11H13N5O/c1-2-3-16-11(14-8-15-16)4-10(17)9-5-12-7-13-6-9/h5-8H,2-4H2,1H3. The number of aryl methyl sites for hydroxylation is 1. The first-order valence-electron chi connectivity index (χ1n) is 5.46. The van der Waals surface area contributed by atoms with E-state index >= 15 is 0 Å². The lowest BCUT2D eigenvalue weighted by Crippen LogP contribution is -2.12. The smallest absolute Gasteiger partial charge is 0.173 e. The fourth-order valence-electron chi connectivity index (χ4n) is 1.51. The third-order valence-electron chi connectivity index (χ3n) is 2.33. The van der Waals surface area contributed by atoms with Crippen molar-refractivity contribution >= 4 is 5.78 Å². The van der Waals surface area contributed by atoms with Crippen LogP contribution >= 0.6 is 0 Å². The Bertz CT molecular complexity index is 494. The normalized spacial score (nSPS) is 10.4. The van der Waals surface area contributed by atoms with Gasteiger partial charge in [0.1, 0.15) is 18.5 Å². The van der Waals surface area contributed by atoms with Crippen LogP contribution in [0.5, 0.6) is 0 Å². The fourth-order valence-corrected chi connectivity index (χ4v) is 1.51. The summed E-state index contributed by atoms with van der Waals surface area (Å²) >= 11 is 0. The molecule has 0 amide bonds. The van der Waals surface area contributed by atoms with E-state index in [4.69, 9.17) is 0 Å². The Labute approximate surface area is 98.7 Å². The van der Waals surface area contributed by atoms with Gasteiger partial charge < -0.3 is 0 Å². The van der Waals surface area contributed by atoms with Gasteiger partial charge in [0.05, 0.1) is 12.0 Å². The van der Waals surface area contributed by atoms with Crippen LogP contribution in [0.25, 0.3) is 0 Å². The number of nitrogens with zero attached hydrogens (tertiary/aromatic N) is 5. The minimum atomic E-state index is -0.0454. The van der Waals surface area contributed by atoms with Crippen molar-refractivity contribution in [1.82, 2.24) is 24.7 Å². The summed E-state index contributed by atoms with van der Waals surface area (Å²) in [7, 11) is 0.